The largest absolute Gasteiger partial charge is 0.483 e. The van der Waals surface area contributed by atoms with Crippen LogP contribution < -0.4 is 15.6 Å². The van der Waals surface area contributed by atoms with Crippen molar-refractivity contribution < 1.29 is 13.9 Å². The number of aromatic nitrogens is 2. The molecule has 0 saturated heterocycles. The number of rotatable bonds is 7. The molecular weight excluding hydrogens is 678 g/mol. The van der Waals surface area contributed by atoms with Crippen LogP contribution in [0.3, 0.4) is 0 Å². The van der Waals surface area contributed by atoms with Gasteiger partial charge < -0.3 is 10.1 Å². The van der Waals surface area contributed by atoms with Crippen molar-refractivity contribution in [1.29, 1.82) is 0 Å². The van der Waals surface area contributed by atoms with Gasteiger partial charge in [-0.05, 0) is 95.6 Å². The van der Waals surface area contributed by atoms with Crippen molar-refractivity contribution in [2.45, 2.75) is 38.0 Å². The molecule has 1 aliphatic carbocycles. The second kappa shape index (κ2) is 12.4. The molecule has 1 amide bonds. The Morgan fingerprint density at radius 1 is 1.15 bits per heavy atom. The fourth-order valence-corrected chi connectivity index (χ4v) is 5.70. The number of amides is 1. The van der Waals surface area contributed by atoms with Crippen LogP contribution in [0.15, 0.2) is 75.0 Å². The van der Waals surface area contributed by atoms with E-state index in [9.17, 15) is 14.0 Å². The highest BCUT2D eigenvalue weighted by molar-refractivity contribution is 14.1. The van der Waals surface area contributed by atoms with Crippen LogP contribution in [0.25, 0.3) is 10.9 Å². The second-order valence-corrected chi connectivity index (χ2v) is 11.4. The van der Waals surface area contributed by atoms with Gasteiger partial charge in [0.05, 0.1) is 20.7 Å². The van der Waals surface area contributed by atoms with Gasteiger partial charge in [-0.1, -0.05) is 41.3 Å². The zero-order chi connectivity index (χ0) is 27.4. The quantitative estimate of drug-likeness (QED) is 0.169. The Labute approximate surface area is 246 Å². The molecule has 7 nitrogen and oxygen atoms in total. The van der Waals surface area contributed by atoms with Crippen LogP contribution in [0.4, 0.5) is 10.1 Å². The molecule has 5 rings (SSSR count). The summed E-state index contributed by atoms with van der Waals surface area (Å²) in [6.07, 6.45) is 7.04. The number of hydrogen-bond donors (Lipinski definition) is 1. The van der Waals surface area contributed by atoms with E-state index in [1.54, 1.807) is 24.4 Å². The number of carbonyl (C=O) groups is 1. The summed E-state index contributed by atoms with van der Waals surface area (Å²) in [7, 11) is 0. The maximum Gasteiger partial charge on any atom is 0.282 e. The first-order chi connectivity index (χ1) is 18.9. The van der Waals surface area contributed by atoms with Gasteiger partial charge in [-0.25, -0.2) is 9.37 Å². The van der Waals surface area contributed by atoms with Crippen molar-refractivity contribution in [2.24, 2.45) is 5.10 Å². The van der Waals surface area contributed by atoms with Crippen molar-refractivity contribution in [3.8, 4) is 5.75 Å². The van der Waals surface area contributed by atoms with Gasteiger partial charge in [-0.3, -0.25) is 9.59 Å². The van der Waals surface area contributed by atoms with E-state index in [-0.39, 0.29) is 18.1 Å². The second-order valence-electron chi connectivity index (χ2n) is 9.36. The molecule has 3 aromatic carbocycles. The van der Waals surface area contributed by atoms with E-state index in [4.69, 9.17) is 9.72 Å². The molecule has 1 aromatic heterocycles. The first-order valence-electron chi connectivity index (χ1n) is 12.6. The van der Waals surface area contributed by atoms with Crippen LogP contribution in [0.1, 0.15) is 49.4 Å². The van der Waals surface area contributed by atoms with Gasteiger partial charge in [-0.2, -0.15) is 9.78 Å². The SMILES string of the molecule is O=C(COc1ccc(C=Nn2c(C3CCCCC3)nc3ccc(Br)cc3c2=O)cc1I)Nc1cccc(F)c1. The van der Waals surface area contributed by atoms with Crippen molar-refractivity contribution in [3.05, 3.63) is 96.3 Å². The normalized spacial score (nSPS) is 14.1. The number of ether oxygens (including phenoxy) is 1. The van der Waals surface area contributed by atoms with E-state index in [1.807, 2.05) is 24.3 Å². The lowest BCUT2D eigenvalue weighted by Gasteiger charge is -2.22. The summed E-state index contributed by atoms with van der Waals surface area (Å²) >= 11 is 5.58. The number of carbonyl (C=O) groups excluding carboxylic acids is 1. The highest BCUT2D eigenvalue weighted by atomic mass is 127. The Balaban J connectivity index is 1.35. The Morgan fingerprint density at radius 2 is 1.97 bits per heavy atom. The monoisotopic (exact) mass is 702 g/mol. The third-order valence-corrected chi connectivity index (χ3v) is 7.89. The maximum absolute atomic E-state index is 13.5. The topological polar surface area (TPSA) is 85.6 Å². The molecule has 1 aliphatic rings. The van der Waals surface area contributed by atoms with Crippen molar-refractivity contribution in [3.63, 3.8) is 0 Å². The Bertz CT molecular complexity index is 1620. The minimum atomic E-state index is -0.430. The van der Waals surface area contributed by atoms with E-state index >= 15 is 0 Å². The fourth-order valence-electron chi connectivity index (χ4n) is 4.65. The molecule has 4 aromatic rings. The van der Waals surface area contributed by atoms with Gasteiger partial charge in [0.15, 0.2) is 6.61 Å². The maximum atomic E-state index is 13.5. The van der Waals surface area contributed by atoms with Crippen molar-refractivity contribution >= 4 is 67.2 Å². The lowest BCUT2D eigenvalue weighted by molar-refractivity contribution is -0.118. The van der Waals surface area contributed by atoms with Crippen LogP contribution >= 0.6 is 38.5 Å². The van der Waals surface area contributed by atoms with Crippen LogP contribution in [-0.2, 0) is 4.79 Å². The van der Waals surface area contributed by atoms with Crippen LogP contribution in [0.5, 0.6) is 5.75 Å². The number of fused-ring (bicyclic) bond motifs is 1. The predicted octanol–water partition coefficient (Wildman–Crippen LogP) is 6.85. The molecule has 1 fully saturated rings. The van der Waals surface area contributed by atoms with Crippen molar-refractivity contribution in [2.75, 3.05) is 11.9 Å². The summed E-state index contributed by atoms with van der Waals surface area (Å²) in [4.78, 5) is 30.6. The van der Waals surface area contributed by atoms with E-state index < -0.39 is 11.7 Å². The van der Waals surface area contributed by atoms with Gasteiger partial charge >= 0.3 is 0 Å². The molecule has 1 heterocycles. The summed E-state index contributed by atoms with van der Waals surface area (Å²) < 4.78 is 22.0. The average molecular weight is 703 g/mol. The summed E-state index contributed by atoms with van der Waals surface area (Å²) in [5.74, 6) is 0.586. The molecule has 1 saturated carbocycles. The summed E-state index contributed by atoms with van der Waals surface area (Å²) in [6.45, 7) is -0.224. The lowest BCUT2D eigenvalue weighted by atomic mass is 9.88. The first-order valence-corrected chi connectivity index (χ1v) is 14.5. The molecule has 1 N–H and O–H groups in total. The van der Waals surface area contributed by atoms with Gasteiger partial charge in [0, 0.05) is 16.1 Å². The fraction of sp³-hybridized carbons (Fsp3) is 0.241. The summed E-state index contributed by atoms with van der Waals surface area (Å²) in [5, 5.41) is 7.71. The highest BCUT2D eigenvalue weighted by Crippen LogP contribution is 2.32. The van der Waals surface area contributed by atoms with E-state index in [0.717, 1.165) is 39.3 Å². The van der Waals surface area contributed by atoms with Gasteiger partial charge in [0.25, 0.3) is 11.5 Å². The molecule has 10 heteroatoms. The van der Waals surface area contributed by atoms with Gasteiger partial charge in [-0.15, -0.1) is 0 Å². The van der Waals surface area contributed by atoms with Crippen LogP contribution in [-0.4, -0.2) is 28.4 Å². The number of nitrogens with zero attached hydrogens (tertiary/aromatic N) is 3. The minimum absolute atomic E-state index is 0.186. The van der Waals surface area contributed by atoms with E-state index in [0.29, 0.717) is 28.2 Å². The Hall–Kier alpha value is -3.12. The predicted molar refractivity (Wildman–Crippen MR) is 162 cm³/mol. The molecule has 0 atom stereocenters. The van der Waals surface area contributed by atoms with E-state index in [1.165, 1.54) is 29.3 Å². The zero-order valence-electron chi connectivity index (χ0n) is 20.9. The summed E-state index contributed by atoms with van der Waals surface area (Å²) in [6, 6.07) is 16.6. The smallest absolute Gasteiger partial charge is 0.282 e. The molecule has 0 aliphatic heterocycles. The Morgan fingerprint density at radius 3 is 2.74 bits per heavy atom. The van der Waals surface area contributed by atoms with Crippen molar-refractivity contribution in [1.82, 2.24) is 9.66 Å². The van der Waals surface area contributed by atoms with E-state index in [2.05, 4.69) is 48.9 Å². The number of nitrogens with one attached hydrogen (secondary N) is 1. The molecule has 0 bridgehead atoms. The molecule has 0 unspecified atom stereocenters. The zero-order valence-corrected chi connectivity index (χ0v) is 24.6. The molecule has 39 heavy (non-hydrogen) atoms. The minimum Gasteiger partial charge on any atom is -0.483 e. The molecular formula is C29H25BrFIN4O3. The number of halogens is 3. The Kier molecular flexibility index (Phi) is 8.71. The van der Waals surface area contributed by atoms with Crippen LogP contribution in [0.2, 0.25) is 0 Å². The average Bonchev–Trinajstić information content (AvgIpc) is 2.93. The third-order valence-electron chi connectivity index (χ3n) is 6.55. The van der Waals surface area contributed by atoms with Gasteiger partial charge in [0.1, 0.15) is 17.4 Å². The first kappa shape index (κ1) is 27.4. The van der Waals surface area contributed by atoms with Gasteiger partial charge in [0.2, 0.25) is 0 Å². The highest BCUT2D eigenvalue weighted by Gasteiger charge is 2.22. The standard InChI is InChI=1S/C29H25BrFIN4O3/c30-20-10-11-25-23(14-20)29(38)36(28(35-25)19-5-2-1-3-6-19)33-16-18-9-12-26(24(32)13-18)39-17-27(37)34-22-8-4-7-21(31)15-22/h4,7-16,19H,1-3,5-6,17H2,(H,34,37). The summed E-state index contributed by atoms with van der Waals surface area (Å²) in [5.41, 5.74) is 1.61. The lowest BCUT2D eigenvalue weighted by Crippen LogP contribution is -2.25. The number of benzene rings is 3. The molecule has 0 spiro atoms. The number of anilines is 1. The number of hydrogen-bond acceptors (Lipinski definition) is 5. The van der Waals surface area contributed by atoms with Crippen LogP contribution in [0, 0.1) is 9.39 Å². The molecule has 200 valence electrons. The third kappa shape index (κ3) is 6.73. The molecule has 0 radical (unpaired) electrons.